The number of piperazine rings is 1. The number of hydrogen-bond donors (Lipinski definition) is 2. The highest BCUT2D eigenvalue weighted by atomic mass is 15.2. The lowest BCUT2D eigenvalue weighted by molar-refractivity contribution is 0.313. The third-order valence-corrected chi connectivity index (χ3v) is 4.96. The van der Waals surface area contributed by atoms with Crippen LogP contribution in [0.15, 0.2) is 60.9 Å². The van der Waals surface area contributed by atoms with E-state index >= 15 is 0 Å². The van der Waals surface area contributed by atoms with Crippen LogP contribution in [0.1, 0.15) is 5.56 Å². The standard InChI is InChI=1S/C22H23N7/c1-28-10-12-29(13-11-28)20-8-6-19(7-9-20)27-22-14-21(24-16-25-22)26-18-4-2-17(15-23)3-5-18/h2-9,14,16H,10-13H2,1H3,(H2,24,25,26,27). The molecule has 7 heteroatoms. The fourth-order valence-electron chi connectivity index (χ4n) is 3.24. The fourth-order valence-corrected chi connectivity index (χ4v) is 3.24. The number of nitrogens with zero attached hydrogens (tertiary/aromatic N) is 5. The van der Waals surface area contributed by atoms with Crippen molar-refractivity contribution >= 4 is 28.7 Å². The van der Waals surface area contributed by atoms with Gasteiger partial charge in [0.25, 0.3) is 0 Å². The van der Waals surface area contributed by atoms with Gasteiger partial charge in [0.1, 0.15) is 18.0 Å². The third kappa shape index (κ3) is 4.81. The maximum atomic E-state index is 8.89. The summed E-state index contributed by atoms with van der Waals surface area (Å²) >= 11 is 0. The van der Waals surface area contributed by atoms with Crippen LogP contribution < -0.4 is 15.5 Å². The van der Waals surface area contributed by atoms with Gasteiger partial charge in [0, 0.05) is 49.3 Å². The van der Waals surface area contributed by atoms with Gasteiger partial charge in [0.15, 0.2) is 0 Å². The molecule has 1 fully saturated rings. The molecule has 1 saturated heterocycles. The molecule has 0 amide bonds. The third-order valence-electron chi connectivity index (χ3n) is 4.96. The Morgan fingerprint density at radius 1 is 0.828 bits per heavy atom. The molecule has 0 unspecified atom stereocenters. The predicted molar refractivity (Wildman–Crippen MR) is 116 cm³/mol. The summed E-state index contributed by atoms with van der Waals surface area (Å²) in [6.07, 6.45) is 1.52. The normalized spacial score (nSPS) is 14.3. The van der Waals surface area contributed by atoms with Crippen molar-refractivity contribution in [1.29, 1.82) is 5.26 Å². The highest BCUT2D eigenvalue weighted by molar-refractivity contribution is 5.65. The number of rotatable bonds is 5. The van der Waals surface area contributed by atoms with Crippen molar-refractivity contribution in [2.24, 2.45) is 0 Å². The van der Waals surface area contributed by atoms with Gasteiger partial charge in [-0.1, -0.05) is 0 Å². The lowest BCUT2D eigenvalue weighted by Crippen LogP contribution is -2.44. The van der Waals surface area contributed by atoms with E-state index in [-0.39, 0.29) is 0 Å². The molecule has 7 nitrogen and oxygen atoms in total. The van der Waals surface area contributed by atoms with E-state index in [0.29, 0.717) is 17.2 Å². The monoisotopic (exact) mass is 385 g/mol. The minimum Gasteiger partial charge on any atom is -0.369 e. The molecule has 3 aromatic rings. The molecule has 0 aliphatic carbocycles. The molecule has 0 atom stereocenters. The van der Waals surface area contributed by atoms with E-state index in [4.69, 9.17) is 5.26 Å². The van der Waals surface area contributed by atoms with E-state index in [0.717, 1.165) is 37.6 Å². The summed E-state index contributed by atoms with van der Waals surface area (Å²) < 4.78 is 0. The van der Waals surface area contributed by atoms with Crippen molar-refractivity contribution in [3.8, 4) is 6.07 Å². The second-order valence-corrected chi connectivity index (χ2v) is 7.06. The van der Waals surface area contributed by atoms with Crippen molar-refractivity contribution < 1.29 is 0 Å². The van der Waals surface area contributed by atoms with Crippen molar-refractivity contribution in [3.63, 3.8) is 0 Å². The molecule has 1 aliphatic heterocycles. The zero-order valence-electron chi connectivity index (χ0n) is 16.3. The molecule has 0 saturated carbocycles. The Hall–Kier alpha value is -3.63. The number of likely N-dealkylation sites (N-methyl/N-ethyl adjacent to an activating group) is 1. The summed E-state index contributed by atoms with van der Waals surface area (Å²) in [5, 5.41) is 15.4. The van der Waals surface area contributed by atoms with Gasteiger partial charge in [0.05, 0.1) is 11.6 Å². The Balaban J connectivity index is 1.40. The number of anilines is 5. The van der Waals surface area contributed by atoms with Crippen molar-refractivity contribution in [1.82, 2.24) is 14.9 Å². The minimum atomic E-state index is 0.626. The zero-order chi connectivity index (χ0) is 20.1. The molecule has 1 aliphatic rings. The van der Waals surface area contributed by atoms with Crippen molar-refractivity contribution in [3.05, 3.63) is 66.5 Å². The summed E-state index contributed by atoms with van der Waals surface area (Å²) in [5.41, 5.74) is 3.71. The summed E-state index contributed by atoms with van der Waals surface area (Å²) in [6, 6.07) is 19.6. The first-order valence-corrected chi connectivity index (χ1v) is 9.59. The Morgan fingerprint density at radius 2 is 1.38 bits per heavy atom. The summed E-state index contributed by atoms with van der Waals surface area (Å²) in [4.78, 5) is 13.3. The molecular weight excluding hydrogens is 362 g/mol. The summed E-state index contributed by atoms with van der Waals surface area (Å²) in [6.45, 7) is 4.30. The van der Waals surface area contributed by atoms with Gasteiger partial charge < -0.3 is 20.4 Å². The van der Waals surface area contributed by atoms with Gasteiger partial charge in [-0.2, -0.15) is 5.26 Å². The molecule has 2 heterocycles. The first-order valence-electron chi connectivity index (χ1n) is 9.59. The molecule has 0 spiro atoms. The fraction of sp³-hybridized carbons (Fsp3) is 0.227. The van der Waals surface area contributed by atoms with Crippen LogP contribution in [0.5, 0.6) is 0 Å². The van der Waals surface area contributed by atoms with E-state index in [1.807, 2.05) is 18.2 Å². The van der Waals surface area contributed by atoms with E-state index in [2.05, 4.69) is 67.8 Å². The SMILES string of the molecule is CN1CCN(c2ccc(Nc3cc(Nc4ccc(C#N)cc4)ncn3)cc2)CC1. The minimum absolute atomic E-state index is 0.626. The van der Waals surface area contributed by atoms with Crippen LogP contribution in [0.4, 0.5) is 28.7 Å². The lowest BCUT2D eigenvalue weighted by Gasteiger charge is -2.34. The number of nitriles is 1. The van der Waals surface area contributed by atoms with E-state index in [1.54, 1.807) is 12.1 Å². The van der Waals surface area contributed by atoms with Crippen LogP contribution in [-0.4, -0.2) is 48.1 Å². The predicted octanol–water partition coefficient (Wildman–Crippen LogP) is 3.59. The second kappa shape index (κ2) is 8.59. The molecular formula is C22H23N7. The van der Waals surface area contributed by atoms with Crippen LogP contribution >= 0.6 is 0 Å². The zero-order valence-corrected chi connectivity index (χ0v) is 16.3. The molecule has 2 N–H and O–H groups in total. The number of nitrogens with one attached hydrogen (secondary N) is 2. The van der Waals surface area contributed by atoms with E-state index < -0.39 is 0 Å². The molecule has 146 valence electrons. The van der Waals surface area contributed by atoms with Crippen molar-refractivity contribution in [2.75, 3.05) is 48.8 Å². The maximum absolute atomic E-state index is 8.89. The Morgan fingerprint density at radius 3 is 1.93 bits per heavy atom. The van der Waals surface area contributed by atoms with E-state index in [1.165, 1.54) is 12.0 Å². The van der Waals surface area contributed by atoms with Gasteiger partial charge in [0.2, 0.25) is 0 Å². The van der Waals surface area contributed by atoms with E-state index in [9.17, 15) is 0 Å². The average molecular weight is 385 g/mol. The quantitative estimate of drug-likeness (QED) is 0.695. The van der Waals surface area contributed by atoms with Crippen LogP contribution in [-0.2, 0) is 0 Å². The largest absolute Gasteiger partial charge is 0.369 e. The first-order chi connectivity index (χ1) is 14.2. The smallest absolute Gasteiger partial charge is 0.135 e. The van der Waals surface area contributed by atoms with Gasteiger partial charge in [-0.05, 0) is 55.6 Å². The van der Waals surface area contributed by atoms with Crippen LogP contribution in [0.25, 0.3) is 0 Å². The number of hydrogen-bond acceptors (Lipinski definition) is 7. The van der Waals surface area contributed by atoms with Gasteiger partial charge in [-0.15, -0.1) is 0 Å². The van der Waals surface area contributed by atoms with Crippen LogP contribution in [0.2, 0.25) is 0 Å². The Kier molecular flexibility index (Phi) is 5.54. The van der Waals surface area contributed by atoms with Gasteiger partial charge in [-0.25, -0.2) is 9.97 Å². The molecule has 2 aromatic carbocycles. The van der Waals surface area contributed by atoms with Gasteiger partial charge in [-0.3, -0.25) is 0 Å². The van der Waals surface area contributed by atoms with Crippen LogP contribution in [0, 0.1) is 11.3 Å². The van der Waals surface area contributed by atoms with Crippen molar-refractivity contribution in [2.45, 2.75) is 0 Å². The van der Waals surface area contributed by atoms with Gasteiger partial charge >= 0.3 is 0 Å². The molecule has 4 rings (SSSR count). The topological polar surface area (TPSA) is 80.1 Å². The number of benzene rings is 2. The average Bonchev–Trinajstić information content (AvgIpc) is 2.76. The summed E-state index contributed by atoms with van der Waals surface area (Å²) in [5.74, 6) is 1.39. The lowest BCUT2D eigenvalue weighted by atomic mass is 10.2. The Bertz CT molecular complexity index is 985. The second-order valence-electron chi connectivity index (χ2n) is 7.06. The first kappa shape index (κ1) is 18.7. The highest BCUT2D eigenvalue weighted by Gasteiger charge is 2.14. The molecule has 0 radical (unpaired) electrons. The highest BCUT2D eigenvalue weighted by Crippen LogP contribution is 2.23. The summed E-state index contributed by atoms with van der Waals surface area (Å²) in [7, 11) is 2.16. The molecule has 0 bridgehead atoms. The van der Waals surface area contributed by atoms with Crippen LogP contribution in [0.3, 0.4) is 0 Å². The molecule has 29 heavy (non-hydrogen) atoms. The Labute approximate surface area is 170 Å². The number of aromatic nitrogens is 2. The maximum Gasteiger partial charge on any atom is 0.135 e. The molecule has 1 aromatic heterocycles.